The third-order valence-corrected chi connectivity index (χ3v) is 3.54. The van der Waals surface area contributed by atoms with Crippen LogP contribution in [0.4, 0.5) is 4.79 Å². The van der Waals surface area contributed by atoms with E-state index < -0.39 is 5.97 Å². The van der Waals surface area contributed by atoms with Crippen LogP contribution in [0.2, 0.25) is 0 Å². The zero-order valence-electron chi connectivity index (χ0n) is 10.9. The van der Waals surface area contributed by atoms with Gasteiger partial charge in [-0.1, -0.05) is 13.8 Å². The highest BCUT2D eigenvalue weighted by Gasteiger charge is 2.30. The summed E-state index contributed by atoms with van der Waals surface area (Å²) in [5, 5.41) is 13.9. The Morgan fingerprint density at radius 1 is 1.33 bits per heavy atom. The monoisotopic (exact) mass is 258 g/mol. The lowest BCUT2D eigenvalue weighted by molar-refractivity contribution is -0.142. The van der Waals surface area contributed by atoms with E-state index in [0.717, 1.165) is 12.8 Å². The molecule has 0 radical (unpaired) electrons. The molecule has 18 heavy (non-hydrogen) atoms. The Morgan fingerprint density at radius 3 is 2.61 bits per heavy atom. The van der Waals surface area contributed by atoms with Crippen LogP contribution in [0.25, 0.3) is 0 Å². The first-order valence-corrected chi connectivity index (χ1v) is 6.34. The van der Waals surface area contributed by atoms with Gasteiger partial charge < -0.3 is 20.5 Å². The van der Waals surface area contributed by atoms with Crippen LogP contribution in [-0.2, 0) is 9.53 Å². The number of carboxylic acid groups (broad SMARTS) is 1. The van der Waals surface area contributed by atoms with Crippen molar-refractivity contribution in [1.82, 2.24) is 10.6 Å². The molecule has 3 N–H and O–H groups in total. The van der Waals surface area contributed by atoms with E-state index in [9.17, 15) is 9.59 Å². The van der Waals surface area contributed by atoms with Crippen LogP contribution in [-0.4, -0.2) is 42.9 Å². The maximum Gasteiger partial charge on any atom is 0.329 e. The molecule has 2 amide bonds. The molecule has 6 heteroatoms. The number of amides is 2. The number of nitrogens with one attached hydrogen (secondary N) is 2. The summed E-state index contributed by atoms with van der Waals surface area (Å²) in [6.45, 7) is 4.54. The molecule has 0 bridgehead atoms. The average molecular weight is 258 g/mol. The van der Waals surface area contributed by atoms with Crippen LogP contribution in [0.15, 0.2) is 0 Å². The number of rotatable bonds is 6. The zero-order chi connectivity index (χ0) is 13.5. The predicted molar refractivity (Wildman–Crippen MR) is 66.3 cm³/mol. The molecule has 0 aromatic rings. The Balaban J connectivity index is 2.09. The van der Waals surface area contributed by atoms with Gasteiger partial charge in [-0.25, -0.2) is 9.59 Å². The third kappa shape index (κ3) is 4.91. The molecule has 0 aromatic heterocycles. The maximum absolute atomic E-state index is 11.6. The number of carboxylic acids is 1. The fraction of sp³-hybridized carbons (Fsp3) is 0.833. The van der Waals surface area contributed by atoms with E-state index >= 15 is 0 Å². The lowest BCUT2D eigenvalue weighted by atomic mass is 9.98. The Kier molecular flexibility index (Phi) is 5.91. The summed E-state index contributed by atoms with van der Waals surface area (Å²) in [6, 6.07) is 0.0276. The summed E-state index contributed by atoms with van der Waals surface area (Å²) < 4.78 is 4.81. The van der Waals surface area contributed by atoms with Crippen LogP contribution < -0.4 is 10.6 Å². The zero-order valence-corrected chi connectivity index (χ0v) is 10.9. The van der Waals surface area contributed by atoms with Gasteiger partial charge >= 0.3 is 12.0 Å². The molecule has 1 fully saturated rings. The number of hydrogen-bond acceptors (Lipinski definition) is 3. The summed E-state index contributed by atoms with van der Waals surface area (Å²) >= 11 is 0. The maximum atomic E-state index is 11.6. The second kappa shape index (κ2) is 7.20. The van der Waals surface area contributed by atoms with Gasteiger partial charge in [-0.2, -0.15) is 0 Å². The minimum atomic E-state index is -1.01. The van der Waals surface area contributed by atoms with Crippen molar-refractivity contribution >= 4 is 12.0 Å². The molecule has 0 aliphatic heterocycles. The molecular weight excluding hydrogens is 236 g/mol. The molecule has 1 saturated carbocycles. The summed E-state index contributed by atoms with van der Waals surface area (Å²) in [5.41, 5.74) is 0. The lowest BCUT2D eigenvalue weighted by Crippen LogP contribution is -2.44. The molecule has 0 heterocycles. The molecule has 1 aliphatic rings. The van der Waals surface area contributed by atoms with Crippen molar-refractivity contribution in [1.29, 1.82) is 0 Å². The quantitative estimate of drug-likeness (QED) is 0.615. The Labute approximate surface area is 107 Å². The Morgan fingerprint density at radius 2 is 2.06 bits per heavy atom. The lowest BCUT2D eigenvalue weighted by Gasteiger charge is -2.19. The standard InChI is InChI=1S/C12H22N2O4/c1-8-3-4-10(9(8)2)14-12(17)13-5-6-18-7-11(15)16/h8-10H,3-7H2,1-2H3,(H,15,16)(H2,13,14,17). The van der Waals surface area contributed by atoms with Crippen molar-refractivity contribution in [2.75, 3.05) is 19.8 Å². The minimum Gasteiger partial charge on any atom is -0.480 e. The van der Waals surface area contributed by atoms with E-state index in [4.69, 9.17) is 9.84 Å². The van der Waals surface area contributed by atoms with Crippen LogP contribution >= 0.6 is 0 Å². The van der Waals surface area contributed by atoms with Gasteiger partial charge in [0.25, 0.3) is 0 Å². The van der Waals surface area contributed by atoms with E-state index in [0.29, 0.717) is 18.4 Å². The van der Waals surface area contributed by atoms with E-state index in [1.165, 1.54) is 0 Å². The highest BCUT2D eigenvalue weighted by atomic mass is 16.5. The molecule has 0 spiro atoms. The highest BCUT2D eigenvalue weighted by molar-refractivity contribution is 5.74. The summed E-state index contributed by atoms with van der Waals surface area (Å²) in [7, 11) is 0. The molecule has 104 valence electrons. The van der Waals surface area contributed by atoms with Gasteiger partial charge in [0.05, 0.1) is 6.61 Å². The molecule has 1 aliphatic carbocycles. The van der Waals surface area contributed by atoms with Crippen molar-refractivity contribution < 1.29 is 19.4 Å². The number of carbonyl (C=O) groups excluding carboxylic acids is 1. The van der Waals surface area contributed by atoms with Crippen LogP contribution in [0, 0.1) is 11.8 Å². The van der Waals surface area contributed by atoms with Gasteiger partial charge in [0.15, 0.2) is 0 Å². The van der Waals surface area contributed by atoms with Gasteiger partial charge in [0.2, 0.25) is 0 Å². The first-order chi connectivity index (χ1) is 8.50. The van der Waals surface area contributed by atoms with E-state index in [1.54, 1.807) is 0 Å². The van der Waals surface area contributed by atoms with Crippen LogP contribution in [0.5, 0.6) is 0 Å². The van der Waals surface area contributed by atoms with E-state index in [-0.39, 0.29) is 25.3 Å². The number of urea groups is 1. The van der Waals surface area contributed by atoms with Crippen molar-refractivity contribution in [2.24, 2.45) is 11.8 Å². The number of carbonyl (C=O) groups is 2. The van der Waals surface area contributed by atoms with Gasteiger partial charge in [-0.3, -0.25) is 0 Å². The SMILES string of the molecule is CC1CCC(NC(=O)NCCOCC(=O)O)C1C. The summed E-state index contributed by atoms with van der Waals surface area (Å²) in [4.78, 5) is 21.7. The van der Waals surface area contributed by atoms with Gasteiger partial charge in [0, 0.05) is 12.6 Å². The summed E-state index contributed by atoms with van der Waals surface area (Å²) in [6.07, 6.45) is 2.17. The Hall–Kier alpha value is -1.30. The van der Waals surface area contributed by atoms with Gasteiger partial charge in [0.1, 0.15) is 6.61 Å². The molecule has 6 nitrogen and oxygen atoms in total. The number of ether oxygens (including phenoxy) is 1. The van der Waals surface area contributed by atoms with Crippen molar-refractivity contribution in [3.05, 3.63) is 0 Å². The second-order valence-electron chi connectivity index (χ2n) is 4.87. The molecule has 1 rings (SSSR count). The van der Waals surface area contributed by atoms with E-state index in [1.807, 2.05) is 0 Å². The first kappa shape index (κ1) is 14.8. The number of aliphatic carboxylic acids is 1. The summed E-state index contributed by atoms with van der Waals surface area (Å²) in [5.74, 6) is 0.140. The smallest absolute Gasteiger partial charge is 0.329 e. The minimum absolute atomic E-state index is 0.205. The van der Waals surface area contributed by atoms with Crippen LogP contribution in [0.3, 0.4) is 0 Å². The van der Waals surface area contributed by atoms with Gasteiger partial charge in [-0.05, 0) is 24.7 Å². The predicted octanol–water partition coefficient (Wildman–Crippen LogP) is 0.821. The number of hydrogen-bond donors (Lipinski definition) is 3. The normalized spacial score (nSPS) is 26.9. The van der Waals surface area contributed by atoms with Crippen LogP contribution in [0.1, 0.15) is 26.7 Å². The Bertz CT molecular complexity index is 296. The fourth-order valence-electron chi connectivity index (χ4n) is 2.18. The average Bonchev–Trinajstić information content (AvgIpc) is 2.60. The molecule has 3 unspecified atom stereocenters. The fourth-order valence-corrected chi connectivity index (χ4v) is 2.18. The van der Waals surface area contributed by atoms with Crippen molar-refractivity contribution in [3.8, 4) is 0 Å². The molecular formula is C12H22N2O4. The molecule has 0 aromatic carbocycles. The highest BCUT2D eigenvalue weighted by Crippen LogP contribution is 2.30. The van der Waals surface area contributed by atoms with Gasteiger partial charge in [-0.15, -0.1) is 0 Å². The largest absolute Gasteiger partial charge is 0.480 e. The van der Waals surface area contributed by atoms with Crippen molar-refractivity contribution in [3.63, 3.8) is 0 Å². The molecule has 3 atom stereocenters. The van der Waals surface area contributed by atoms with E-state index in [2.05, 4.69) is 24.5 Å². The third-order valence-electron chi connectivity index (χ3n) is 3.54. The molecule has 0 saturated heterocycles. The first-order valence-electron chi connectivity index (χ1n) is 6.34. The topological polar surface area (TPSA) is 87.7 Å². The second-order valence-corrected chi connectivity index (χ2v) is 4.87. The van der Waals surface area contributed by atoms with Crippen molar-refractivity contribution in [2.45, 2.75) is 32.7 Å².